The standard InChI is InChI=1S/C21H26N2O/c1-14-7-10-20(21(24)22-14)23-13-18-12-17(8-9-19(18)15(23)2)11-16-5-3-4-6-16/h8-9,12,16,20H,1-7,10-11,13H2,(H,22,24). The van der Waals surface area contributed by atoms with Crippen molar-refractivity contribution < 1.29 is 4.79 Å². The lowest BCUT2D eigenvalue weighted by Gasteiger charge is -2.33. The molecule has 1 unspecified atom stereocenters. The van der Waals surface area contributed by atoms with E-state index in [2.05, 4.69) is 41.6 Å². The van der Waals surface area contributed by atoms with Gasteiger partial charge in [0.05, 0.1) is 0 Å². The van der Waals surface area contributed by atoms with Gasteiger partial charge in [0.2, 0.25) is 5.91 Å². The summed E-state index contributed by atoms with van der Waals surface area (Å²) in [6.07, 6.45) is 8.41. The maximum atomic E-state index is 12.3. The first-order valence-corrected chi connectivity index (χ1v) is 9.18. The van der Waals surface area contributed by atoms with Crippen LogP contribution in [0, 0.1) is 5.92 Å². The van der Waals surface area contributed by atoms with Gasteiger partial charge in [-0.15, -0.1) is 0 Å². The van der Waals surface area contributed by atoms with Crippen molar-refractivity contribution in [2.24, 2.45) is 5.92 Å². The van der Waals surface area contributed by atoms with Gasteiger partial charge in [0.1, 0.15) is 6.04 Å². The van der Waals surface area contributed by atoms with Crippen molar-refractivity contribution in [2.45, 2.75) is 57.5 Å². The summed E-state index contributed by atoms with van der Waals surface area (Å²) in [4.78, 5) is 14.5. The average molecular weight is 322 g/mol. The Morgan fingerprint density at radius 2 is 1.96 bits per heavy atom. The maximum absolute atomic E-state index is 12.3. The van der Waals surface area contributed by atoms with E-state index in [0.29, 0.717) is 0 Å². The maximum Gasteiger partial charge on any atom is 0.246 e. The highest BCUT2D eigenvalue weighted by Crippen LogP contribution is 2.37. The molecule has 1 atom stereocenters. The van der Waals surface area contributed by atoms with Crippen LogP contribution < -0.4 is 5.32 Å². The summed E-state index contributed by atoms with van der Waals surface area (Å²) in [6.45, 7) is 8.94. The Kier molecular flexibility index (Phi) is 3.95. The molecule has 1 aromatic carbocycles. The number of allylic oxidation sites excluding steroid dienone is 1. The van der Waals surface area contributed by atoms with Crippen LogP contribution in [0.3, 0.4) is 0 Å². The van der Waals surface area contributed by atoms with Gasteiger partial charge in [0.25, 0.3) is 0 Å². The summed E-state index contributed by atoms with van der Waals surface area (Å²) < 4.78 is 0. The Morgan fingerprint density at radius 3 is 2.71 bits per heavy atom. The fourth-order valence-corrected chi connectivity index (χ4v) is 4.53. The molecule has 0 aromatic heterocycles. The van der Waals surface area contributed by atoms with E-state index in [0.717, 1.165) is 36.7 Å². The van der Waals surface area contributed by atoms with Gasteiger partial charge in [-0.25, -0.2) is 0 Å². The van der Waals surface area contributed by atoms with Crippen LogP contribution in [-0.4, -0.2) is 16.8 Å². The molecule has 1 aliphatic carbocycles. The zero-order chi connectivity index (χ0) is 16.7. The van der Waals surface area contributed by atoms with Crippen molar-refractivity contribution in [2.75, 3.05) is 0 Å². The number of hydrogen-bond acceptors (Lipinski definition) is 2. The highest BCUT2D eigenvalue weighted by atomic mass is 16.2. The molecule has 2 fully saturated rings. The van der Waals surface area contributed by atoms with Crippen molar-refractivity contribution in [1.29, 1.82) is 0 Å². The van der Waals surface area contributed by atoms with Crippen molar-refractivity contribution in [3.63, 3.8) is 0 Å². The number of hydrogen-bond donors (Lipinski definition) is 1. The molecule has 0 radical (unpaired) electrons. The molecule has 3 nitrogen and oxygen atoms in total. The minimum Gasteiger partial charge on any atom is -0.355 e. The highest BCUT2D eigenvalue weighted by Gasteiger charge is 2.35. The van der Waals surface area contributed by atoms with E-state index in [-0.39, 0.29) is 11.9 Å². The van der Waals surface area contributed by atoms with E-state index in [9.17, 15) is 4.79 Å². The van der Waals surface area contributed by atoms with Crippen LogP contribution in [0.1, 0.15) is 55.2 Å². The lowest BCUT2D eigenvalue weighted by Crippen LogP contribution is -2.47. The number of nitrogens with one attached hydrogen (secondary N) is 1. The molecule has 2 aliphatic heterocycles. The molecule has 1 N–H and O–H groups in total. The van der Waals surface area contributed by atoms with Crippen LogP contribution in [0.15, 0.2) is 37.1 Å². The zero-order valence-corrected chi connectivity index (χ0v) is 14.3. The minimum atomic E-state index is -0.117. The molecule has 1 aromatic rings. The monoisotopic (exact) mass is 322 g/mol. The summed E-state index contributed by atoms with van der Waals surface area (Å²) in [5.41, 5.74) is 5.80. The third kappa shape index (κ3) is 2.77. The van der Waals surface area contributed by atoms with Crippen LogP contribution >= 0.6 is 0 Å². The van der Waals surface area contributed by atoms with Crippen molar-refractivity contribution in [3.05, 3.63) is 53.7 Å². The lowest BCUT2D eigenvalue weighted by molar-refractivity contribution is -0.125. The van der Waals surface area contributed by atoms with Crippen molar-refractivity contribution in [1.82, 2.24) is 10.2 Å². The normalized spacial score (nSPS) is 24.4. The van der Waals surface area contributed by atoms with Gasteiger partial charge in [0.15, 0.2) is 0 Å². The van der Waals surface area contributed by atoms with Crippen LogP contribution in [0.5, 0.6) is 0 Å². The second-order valence-electron chi connectivity index (χ2n) is 7.57. The molecule has 24 heavy (non-hydrogen) atoms. The fraction of sp³-hybridized carbons (Fsp3) is 0.476. The molecule has 1 saturated carbocycles. The summed E-state index contributed by atoms with van der Waals surface area (Å²) in [5.74, 6) is 0.922. The molecule has 3 heteroatoms. The third-order valence-corrected chi connectivity index (χ3v) is 5.87. The molecule has 1 amide bonds. The first-order chi connectivity index (χ1) is 11.6. The number of carbonyl (C=O) groups is 1. The van der Waals surface area contributed by atoms with Gasteiger partial charge in [-0.1, -0.05) is 57.0 Å². The molecule has 3 aliphatic rings. The molecular weight excluding hydrogens is 296 g/mol. The van der Waals surface area contributed by atoms with Gasteiger partial charge in [0, 0.05) is 23.5 Å². The van der Waals surface area contributed by atoms with Crippen molar-refractivity contribution >= 4 is 11.6 Å². The molecule has 126 valence electrons. The van der Waals surface area contributed by atoms with Crippen LogP contribution in [0.25, 0.3) is 5.70 Å². The summed E-state index contributed by atoms with van der Waals surface area (Å²) >= 11 is 0. The number of nitrogens with zero attached hydrogens (tertiary/aromatic N) is 1. The van der Waals surface area contributed by atoms with E-state index in [1.807, 2.05) is 0 Å². The van der Waals surface area contributed by atoms with Crippen LogP contribution in [-0.2, 0) is 17.8 Å². The molecule has 0 bridgehead atoms. The molecular formula is C21H26N2O. The van der Waals surface area contributed by atoms with E-state index >= 15 is 0 Å². The number of amides is 1. The minimum absolute atomic E-state index is 0.0615. The first-order valence-electron chi connectivity index (χ1n) is 9.18. The van der Waals surface area contributed by atoms with E-state index in [1.165, 1.54) is 48.8 Å². The number of fused-ring (bicyclic) bond motifs is 1. The second-order valence-corrected chi connectivity index (χ2v) is 7.57. The SMILES string of the molecule is C=C1CCC(N2Cc3cc(CC4CCCC4)ccc3C2=C)C(=O)N1. The molecule has 2 heterocycles. The lowest BCUT2D eigenvalue weighted by atomic mass is 9.95. The van der Waals surface area contributed by atoms with E-state index < -0.39 is 0 Å². The Labute approximate surface area is 144 Å². The van der Waals surface area contributed by atoms with Gasteiger partial charge >= 0.3 is 0 Å². The Hall–Kier alpha value is -2.03. The largest absolute Gasteiger partial charge is 0.355 e. The van der Waals surface area contributed by atoms with Gasteiger partial charge in [-0.3, -0.25) is 4.79 Å². The molecule has 0 spiro atoms. The smallest absolute Gasteiger partial charge is 0.246 e. The number of carbonyl (C=O) groups excluding carboxylic acids is 1. The second kappa shape index (κ2) is 6.12. The Bertz CT molecular complexity index is 700. The quantitative estimate of drug-likeness (QED) is 0.912. The predicted molar refractivity (Wildman–Crippen MR) is 97.0 cm³/mol. The van der Waals surface area contributed by atoms with E-state index in [4.69, 9.17) is 0 Å². The zero-order valence-electron chi connectivity index (χ0n) is 14.3. The van der Waals surface area contributed by atoms with Crippen LogP contribution in [0.4, 0.5) is 0 Å². The van der Waals surface area contributed by atoms with Gasteiger partial charge in [-0.2, -0.15) is 0 Å². The number of benzene rings is 1. The number of rotatable bonds is 3. The highest BCUT2D eigenvalue weighted by molar-refractivity contribution is 5.87. The summed E-state index contributed by atoms with van der Waals surface area (Å²) in [7, 11) is 0. The fourth-order valence-electron chi connectivity index (χ4n) is 4.53. The van der Waals surface area contributed by atoms with Gasteiger partial charge in [-0.05, 0) is 36.3 Å². The average Bonchev–Trinajstić information content (AvgIpc) is 3.16. The first kappa shape index (κ1) is 15.5. The summed E-state index contributed by atoms with van der Waals surface area (Å²) in [6, 6.07) is 6.70. The predicted octanol–water partition coefficient (Wildman–Crippen LogP) is 4.00. The van der Waals surface area contributed by atoms with Crippen molar-refractivity contribution in [3.8, 4) is 0 Å². The molecule has 4 rings (SSSR count). The topological polar surface area (TPSA) is 32.3 Å². The number of piperidine rings is 1. The van der Waals surface area contributed by atoms with E-state index in [1.54, 1.807) is 0 Å². The van der Waals surface area contributed by atoms with Gasteiger partial charge < -0.3 is 10.2 Å². The Morgan fingerprint density at radius 1 is 1.17 bits per heavy atom. The van der Waals surface area contributed by atoms with Crippen LogP contribution in [0.2, 0.25) is 0 Å². The Balaban J connectivity index is 1.51. The third-order valence-electron chi connectivity index (χ3n) is 5.87. The summed E-state index contributed by atoms with van der Waals surface area (Å²) in [5, 5.41) is 2.90. The molecule has 1 saturated heterocycles.